The van der Waals surface area contributed by atoms with E-state index in [9.17, 15) is 14.8 Å². The number of benzene rings is 2. The highest BCUT2D eigenvalue weighted by Gasteiger charge is 2.41. The highest BCUT2D eigenvalue weighted by Crippen LogP contribution is 2.43. The van der Waals surface area contributed by atoms with Gasteiger partial charge in [0, 0.05) is 16.5 Å². The molecule has 0 aliphatic heterocycles. The molecule has 2 aromatic carbocycles. The van der Waals surface area contributed by atoms with Gasteiger partial charge in [-0.1, -0.05) is 24.3 Å². The summed E-state index contributed by atoms with van der Waals surface area (Å²) < 4.78 is 31.3. The van der Waals surface area contributed by atoms with Crippen molar-refractivity contribution in [1.29, 1.82) is 5.26 Å². The fourth-order valence-electron chi connectivity index (χ4n) is 4.31. The first-order chi connectivity index (χ1) is 15.3. The van der Waals surface area contributed by atoms with E-state index in [0.717, 1.165) is 0 Å². The summed E-state index contributed by atoms with van der Waals surface area (Å²) in [6, 6.07) is 14.5. The molecule has 0 bridgehead atoms. The van der Waals surface area contributed by atoms with E-state index in [1.54, 1.807) is 43.3 Å². The number of nitrogens with zero attached hydrogens (tertiary/aromatic N) is 4. The number of nitrogen functional groups attached to an aromatic ring is 1. The second kappa shape index (κ2) is 7.11. The van der Waals surface area contributed by atoms with Crippen molar-refractivity contribution in [2.24, 2.45) is 0 Å². The van der Waals surface area contributed by atoms with E-state index in [-0.39, 0.29) is 39.8 Å². The fraction of sp³-hybridized carbons (Fsp3) is 0.208. The topological polar surface area (TPSA) is 101 Å². The minimum Gasteiger partial charge on any atom is -0.390 e. The van der Waals surface area contributed by atoms with Crippen LogP contribution in [0.25, 0.3) is 33.4 Å². The Labute approximate surface area is 182 Å². The Morgan fingerprint density at radius 3 is 2.53 bits per heavy atom. The van der Waals surface area contributed by atoms with Crippen LogP contribution in [0.15, 0.2) is 48.5 Å². The molecule has 0 saturated heterocycles. The van der Waals surface area contributed by atoms with Crippen molar-refractivity contribution >= 4 is 16.7 Å². The largest absolute Gasteiger partial charge is 0.390 e. The Morgan fingerprint density at radius 1 is 1.12 bits per heavy atom. The lowest BCUT2D eigenvalue weighted by Crippen LogP contribution is -2.42. The maximum Gasteiger partial charge on any atom is 0.158 e. The number of halogens is 2. The lowest BCUT2D eigenvalue weighted by Gasteiger charge is -2.41. The molecule has 3 N–H and O–H groups in total. The van der Waals surface area contributed by atoms with Crippen molar-refractivity contribution < 1.29 is 13.9 Å². The van der Waals surface area contributed by atoms with Crippen LogP contribution in [-0.2, 0) is 0 Å². The third-order valence-corrected chi connectivity index (χ3v) is 5.96. The number of fused-ring (bicyclic) bond motifs is 1. The van der Waals surface area contributed by atoms with Gasteiger partial charge in [0.25, 0.3) is 0 Å². The van der Waals surface area contributed by atoms with Gasteiger partial charge in [0.2, 0.25) is 0 Å². The van der Waals surface area contributed by atoms with E-state index < -0.39 is 17.2 Å². The zero-order valence-electron chi connectivity index (χ0n) is 17.2. The van der Waals surface area contributed by atoms with E-state index in [1.165, 1.54) is 16.8 Å². The molecule has 160 valence electrons. The molecular weight excluding hydrogens is 412 g/mol. The monoisotopic (exact) mass is 431 g/mol. The average Bonchev–Trinajstić information content (AvgIpc) is 3.08. The molecule has 32 heavy (non-hydrogen) atoms. The second-order valence-corrected chi connectivity index (χ2v) is 8.40. The fourth-order valence-corrected chi connectivity index (χ4v) is 4.31. The van der Waals surface area contributed by atoms with Crippen LogP contribution in [0, 0.1) is 23.0 Å². The first-order valence-corrected chi connectivity index (χ1v) is 10.1. The Morgan fingerprint density at radius 2 is 1.84 bits per heavy atom. The van der Waals surface area contributed by atoms with E-state index in [2.05, 4.69) is 10.1 Å². The molecule has 6 nitrogen and oxygen atoms in total. The van der Waals surface area contributed by atoms with Gasteiger partial charge in [0.05, 0.1) is 17.3 Å². The number of hydrogen-bond donors (Lipinski definition) is 2. The van der Waals surface area contributed by atoms with Crippen LogP contribution < -0.4 is 5.73 Å². The SMILES string of the molecule is C[C@]1(O)C[C@@H](n2nc(-c3ccc4ccc(-c5ccccc5F)nc4c3F)c(C#N)c2N)C1. The van der Waals surface area contributed by atoms with Crippen LogP contribution in [0.5, 0.6) is 0 Å². The van der Waals surface area contributed by atoms with Gasteiger partial charge in [0.15, 0.2) is 5.82 Å². The van der Waals surface area contributed by atoms with Gasteiger partial charge in [-0.3, -0.25) is 0 Å². The summed E-state index contributed by atoms with van der Waals surface area (Å²) >= 11 is 0. The van der Waals surface area contributed by atoms with Crippen molar-refractivity contribution in [3.63, 3.8) is 0 Å². The van der Waals surface area contributed by atoms with Crippen LogP contribution >= 0.6 is 0 Å². The van der Waals surface area contributed by atoms with Gasteiger partial charge in [-0.2, -0.15) is 10.4 Å². The molecule has 0 spiro atoms. The molecule has 1 aliphatic rings. The van der Waals surface area contributed by atoms with Gasteiger partial charge < -0.3 is 10.8 Å². The summed E-state index contributed by atoms with van der Waals surface area (Å²) in [5.74, 6) is -0.983. The highest BCUT2D eigenvalue weighted by atomic mass is 19.1. The van der Waals surface area contributed by atoms with E-state index in [1.807, 2.05) is 6.07 Å². The van der Waals surface area contributed by atoms with Gasteiger partial charge in [-0.15, -0.1) is 0 Å². The van der Waals surface area contributed by atoms with E-state index >= 15 is 4.39 Å². The molecule has 4 aromatic rings. The van der Waals surface area contributed by atoms with Crippen LogP contribution in [-0.4, -0.2) is 25.5 Å². The smallest absolute Gasteiger partial charge is 0.158 e. The van der Waals surface area contributed by atoms with Crippen molar-refractivity contribution in [3.8, 4) is 28.6 Å². The highest BCUT2D eigenvalue weighted by molar-refractivity contribution is 5.88. The summed E-state index contributed by atoms with van der Waals surface area (Å²) in [5, 5.41) is 24.7. The number of aromatic nitrogens is 3. The molecule has 0 radical (unpaired) electrons. The van der Waals surface area contributed by atoms with Gasteiger partial charge in [-0.25, -0.2) is 18.4 Å². The number of aliphatic hydroxyl groups is 1. The average molecular weight is 431 g/mol. The summed E-state index contributed by atoms with van der Waals surface area (Å²) in [7, 11) is 0. The van der Waals surface area contributed by atoms with Gasteiger partial charge in [-0.05, 0) is 44.0 Å². The molecular formula is C24H19F2N5O. The third kappa shape index (κ3) is 3.10. The summed E-state index contributed by atoms with van der Waals surface area (Å²) in [6.07, 6.45) is 0.883. The molecule has 5 rings (SSSR count). The molecule has 0 atom stereocenters. The van der Waals surface area contributed by atoms with Crippen molar-refractivity contribution in [2.75, 3.05) is 5.73 Å². The summed E-state index contributed by atoms with van der Waals surface area (Å²) in [6.45, 7) is 1.72. The molecule has 8 heteroatoms. The zero-order chi connectivity index (χ0) is 22.6. The molecule has 0 amide bonds. The lowest BCUT2D eigenvalue weighted by atomic mass is 9.77. The number of hydrogen-bond acceptors (Lipinski definition) is 5. The van der Waals surface area contributed by atoms with Crippen LogP contribution in [0.4, 0.5) is 14.6 Å². The second-order valence-electron chi connectivity index (χ2n) is 8.40. The van der Waals surface area contributed by atoms with Gasteiger partial charge >= 0.3 is 0 Å². The summed E-state index contributed by atoms with van der Waals surface area (Å²) in [4.78, 5) is 4.36. The quantitative estimate of drug-likeness (QED) is 0.494. The third-order valence-electron chi connectivity index (χ3n) is 5.96. The van der Waals surface area contributed by atoms with Crippen LogP contribution in [0.2, 0.25) is 0 Å². The van der Waals surface area contributed by atoms with Crippen LogP contribution in [0.3, 0.4) is 0 Å². The Kier molecular flexibility index (Phi) is 4.46. The number of pyridine rings is 1. The van der Waals surface area contributed by atoms with Crippen molar-refractivity contribution in [1.82, 2.24) is 14.8 Å². The van der Waals surface area contributed by atoms with E-state index in [4.69, 9.17) is 5.73 Å². The van der Waals surface area contributed by atoms with Crippen LogP contribution in [0.1, 0.15) is 31.4 Å². The number of rotatable bonds is 3. The first-order valence-electron chi connectivity index (χ1n) is 10.1. The number of nitrogens with two attached hydrogens (primary N) is 1. The van der Waals surface area contributed by atoms with E-state index in [0.29, 0.717) is 23.9 Å². The number of anilines is 1. The standard InChI is InChI=1S/C24H19F2N5O/c1-24(32)10-14(11-24)31-23(28)17(12-27)22(30-31)16-8-6-13-7-9-19(29-21(13)20(16)26)15-4-2-3-5-18(15)25/h2-9,14,32H,10-11,28H2,1H3/t14-,24+. The molecule has 2 aromatic heterocycles. The molecule has 1 aliphatic carbocycles. The maximum atomic E-state index is 15.6. The molecule has 1 saturated carbocycles. The molecule has 0 unspecified atom stereocenters. The Balaban J connectivity index is 1.65. The van der Waals surface area contributed by atoms with Crippen molar-refractivity contribution in [3.05, 3.63) is 65.7 Å². The lowest BCUT2D eigenvalue weighted by molar-refractivity contribution is -0.0535. The van der Waals surface area contributed by atoms with Gasteiger partial charge in [0.1, 0.15) is 34.5 Å². The minimum absolute atomic E-state index is 0.0480. The Bertz CT molecular complexity index is 1410. The number of nitriles is 1. The zero-order valence-corrected chi connectivity index (χ0v) is 17.2. The molecule has 2 heterocycles. The maximum absolute atomic E-state index is 15.6. The summed E-state index contributed by atoms with van der Waals surface area (Å²) in [5.41, 5.74) is 6.23. The molecule has 1 fully saturated rings. The predicted molar refractivity (Wildman–Crippen MR) is 116 cm³/mol. The first kappa shape index (κ1) is 20.1. The minimum atomic E-state index is -0.808. The van der Waals surface area contributed by atoms with Crippen molar-refractivity contribution in [2.45, 2.75) is 31.4 Å². The Hall–Kier alpha value is -3.83. The predicted octanol–water partition coefficient (Wildman–Crippen LogP) is 4.58. The normalized spacial score (nSPS) is 20.2.